The predicted octanol–water partition coefficient (Wildman–Crippen LogP) is 5.74. The van der Waals surface area contributed by atoms with Gasteiger partial charge in [0.15, 0.2) is 11.5 Å². The lowest BCUT2D eigenvalue weighted by Crippen LogP contribution is -2.42. The number of halogens is 1. The van der Waals surface area contributed by atoms with Gasteiger partial charge in [0.25, 0.3) is 0 Å². The standard InChI is InChI=1S/C32H20ClNO6/c33-22-7-3-4-8-23(22)34-30(35)26-20(17-10-12-24-25(13-17)39-15-38-24)14-21-19-11-9-16-5-1-2-6-18(16)29(19)40-32(37)27(21)28(26)31(34)36/h1-14,20,26-28H,15H2/t20-,26+,27-,28+/m1/s1. The lowest BCUT2D eigenvalue weighted by atomic mass is 9.64. The van der Waals surface area contributed by atoms with Crippen LogP contribution in [0.3, 0.4) is 0 Å². The molecule has 4 aliphatic rings. The highest BCUT2D eigenvalue weighted by molar-refractivity contribution is 6.36. The van der Waals surface area contributed by atoms with Gasteiger partial charge in [0, 0.05) is 16.9 Å². The third-order valence-electron chi connectivity index (χ3n) is 8.36. The van der Waals surface area contributed by atoms with Crippen molar-refractivity contribution < 1.29 is 28.6 Å². The molecule has 0 saturated carbocycles. The molecule has 2 amide bonds. The third kappa shape index (κ3) is 3.15. The van der Waals surface area contributed by atoms with Gasteiger partial charge in [-0.15, -0.1) is 0 Å². The van der Waals surface area contributed by atoms with Crippen molar-refractivity contribution in [2.45, 2.75) is 5.92 Å². The van der Waals surface area contributed by atoms with E-state index in [0.717, 1.165) is 26.8 Å². The molecular weight excluding hydrogens is 530 g/mol. The second-order valence-corrected chi connectivity index (χ2v) is 10.7. The zero-order chi connectivity index (χ0) is 27.1. The molecule has 0 bridgehead atoms. The molecule has 4 aromatic rings. The number of ether oxygens (including phenoxy) is 3. The van der Waals surface area contributed by atoms with Crippen molar-refractivity contribution >= 4 is 51.4 Å². The van der Waals surface area contributed by atoms with Gasteiger partial charge in [-0.2, -0.15) is 0 Å². The normalized spacial score (nSPS) is 24.4. The van der Waals surface area contributed by atoms with E-state index in [4.69, 9.17) is 25.8 Å². The van der Waals surface area contributed by atoms with Crippen molar-refractivity contribution in [2.24, 2.45) is 17.8 Å². The van der Waals surface area contributed by atoms with E-state index in [9.17, 15) is 14.4 Å². The maximum absolute atomic E-state index is 14.2. The molecule has 7 nitrogen and oxygen atoms in total. The summed E-state index contributed by atoms with van der Waals surface area (Å²) >= 11 is 6.46. The summed E-state index contributed by atoms with van der Waals surface area (Å²) in [7, 11) is 0. The van der Waals surface area contributed by atoms with Gasteiger partial charge in [-0.3, -0.25) is 14.4 Å². The Morgan fingerprint density at radius 3 is 2.45 bits per heavy atom. The van der Waals surface area contributed by atoms with E-state index in [1.807, 2.05) is 54.6 Å². The van der Waals surface area contributed by atoms with Crippen LogP contribution in [0.25, 0.3) is 16.3 Å². The number of esters is 1. The Labute approximate surface area is 233 Å². The van der Waals surface area contributed by atoms with Crippen LogP contribution >= 0.6 is 11.6 Å². The van der Waals surface area contributed by atoms with Crippen LogP contribution in [0.15, 0.2) is 84.9 Å². The topological polar surface area (TPSA) is 82.1 Å². The number of para-hydroxylation sites is 1. The van der Waals surface area contributed by atoms with E-state index in [-0.39, 0.29) is 11.8 Å². The number of imide groups is 1. The van der Waals surface area contributed by atoms with Gasteiger partial charge >= 0.3 is 5.97 Å². The minimum Gasteiger partial charge on any atom is -0.454 e. The molecule has 0 radical (unpaired) electrons. The van der Waals surface area contributed by atoms with E-state index in [1.54, 1.807) is 30.3 Å². The fourth-order valence-corrected chi connectivity index (χ4v) is 6.83. The largest absolute Gasteiger partial charge is 0.454 e. The summed E-state index contributed by atoms with van der Waals surface area (Å²) < 4.78 is 17.1. The third-order valence-corrected chi connectivity index (χ3v) is 8.68. The second-order valence-electron chi connectivity index (χ2n) is 10.3. The first-order valence-corrected chi connectivity index (χ1v) is 13.4. The summed E-state index contributed by atoms with van der Waals surface area (Å²) in [6, 6.07) is 23.8. The first-order chi connectivity index (χ1) is 19.5. The van der Waals surface area contributed by atoms with Gasteiger partial charge in [-0.1, -0.05) is 72.3 Å². The molecular formula is C32H20ClNO6. The predicted molar refractivity (Wildman–Crippen MR) is 147 cm³/mol. The SMILES string of the molecule is O=C1Oc2c(ccc3ccccc23)C2=C[C@H](c3ccc4c(c3)OCO4)[C@@H]3C(=O)N(c4ccccc4Cl)C(=O)[C@@H]3[C@H]12. The van der Waals surface area contributed by atoms with Crippen LogP contribution in [-0.4, -0.2) is 24.6 Å². The monoisotopic (exact) mass is 549 g/mol. The van der Waals surface area contributed by atoms with E-state index >= 15 is 0 Å². The van der Waals surface area contributed by atoms with E-state index in [1.165, 1.54) is 0 Å². The fourth-order valence-electron chi connectivity index (χ4n) is 6.60. The van der Waals surface area contributed by atoms with Crippen molar-refractivity contribution in [1.29, 1.82) is 0 Å². The van der Waals surface area contributed by atoms with Crippen molar-refractivity contribution in [1.82, 2.24) is 0 Å². The van der Waals surface area contributed by atoms with Gasteiger partial charge in [0.05, 0.1) is 28.5 Å². The van der Waals surface area contributed by atoms with Crippen LogP contribution in [0.2, 0.25) is 5.02 Å². The molecule has 0 unspecified atom stereocenters. The Hall–Kier alpha value is -4.62. The minimum absolute atomic E-state index is 0.114. The van der Waals surface area contributed by atoms with E-state index in [2.05, 4.69) is 0 Å². The van der Waals surface area contributed by atoms with Crippen molar-refractivity contribution in [3.63, 3.8) is 0 Å². The highest BCUT2D eigenvalue weighted by Crippen LogP contribution is 2.56. The molecule has 8 heteroatoms. The van der Waals surface area contributed by atoms with Gasteiger partial charge < -0.3 is 14.2 Å². The lowest BCUT2D eigenvalue weighted by Gasteiger charge is -2.38. The highest BCUT2D eigenvalue weighted by Gasteiger charge is 2.60. The maximum atomic E-state index is 14.2. The Bertz CT molecular complexity index is 1830. The molecule has 1 saturated heterocycles. The van der Waals surface area contributed by atoms with Gasteiger partial charge in [0.1, 0.15) is 5.75 Å². The number of allylic oxidation sites excluding steroid dienone is 1. The van der Waals surface area contributed by atoms with Crippen molar-refractivity contribution in [3.05, 3.63) is 101 Å². The van der Waals surface area contributed by atoms with E-state index in [0.29, 0.717) is 28.5 Å². The Balaban J connectivity index is 1.35. The highest BCUT2D eigenvalue weighted by atomic mass is 35.5. The van der Waals surface area contributed by atoms with Crippen LogP contribution in [0.1, 0.15) is 17.0 Å². The zero-order valence-corrected chi connectivity index (χ0v) is 21.6. The summed E-state index contributed by atoms with van der Waals surface area (Å²) in [6.45, 7) is 0.114. The average molecular weight is 550 g/mol. The second kappa shape index (κ2) is 8.44. The number of rotatable bonds is 2. The Morgan fingerprint density at radius 2 is 1.57 bits per heavy atom. The first kappa shape index (κ1) is 23.3. The summed E-state index contributed by atoms with van der Waals surface area (Å²) in [4.78, 5) is 43.2. The number of nitrogens with zero attached hydrogens (tertiary/aromatic N) is 1. The molecule has 40 heavy (non-hydrogen) atoms. The van der Waals surface area contributed by atoms with Crippen molar-refractivity contribution in [2.75, 3.05) is 11.7 Å². The Kier molecular flexibility index (Phi) is 4.91. The quantitative estimate of drug-likeness (QED) is 0.180. The molecule has 3 aliphatic heterocycles. The lowest BCUT2D eigenvalue weighted by molar-refractivity contribution is -0.142. The number of hydrogen-bond donors (Lipinski definition) is 0. The van der Waals surface area contributed by atoms with Crippen LogP contribution in [0, 0.1) is 17.8 Å². The molecule has 0 aromatic heterocycles. The molecule has 8 rings (SSSR count). The van der Waals surface area contributed by atoms with Gasteiger partial charge in [-0.25, -0.2) is 4.90 Å². The zero-order valence-electron chi connectivity index (χ0n) is 20.9. The number of fused-ring (bicyclic) bond motifs is 8. The molecule has 1 fully saturated rings. The minimum atomic E-state index is -0.966. The molecule has 196 valence electrons. The number of carbonyl (C=O) groups is 3. The number of amides is 2. The summed E-state index contributed by atoms with van der Waals surface area (Å²) in [5.74, 6) is -3.02. The van der Waals surface area contributed by atoms with Crippen LogP contribution in [0.5, 0.6) is 17.2 Å². The van der Waals surface area contributed by atoms with Crippen LogP contribution in [0.4, 0.5) is 5.69 Å². The fraction of sp³-hybridized carbons (Fsp3) is 0.156. The molecule has 1 aliphatic carbocycles. The number of hydrogen-bond acceptors (Lipinski definition) is 6. The Morgan fingerprint density at radius 1 is 0.800 bits per heavy atom. The molecule has 3 heterocycles. The molecule has 4 atom stereocenters. The maximum Gasteiger partial charge on any atom is 0.319 e. The molecule has 0 N–H and O–H groups in total. The summed E-state index contributed by atoms with van der Waals surface area (Å²) in [6.07, 6.45) is 1.96. The molecule has 0 spiro atoms. The average Bonchev–Trinajstić information content (AvgIpc) is 3.54. The first-order valence-electron chi connectivity index (χ1n) is 13.0. The number of anilines is 1. The van der Waals surface area contributed by atoms with Crippen LogP contribution < -0.4 is 19.1 Å². The van der Waals surface area contributed by atoms with Crippen molar-refractivity contribution in [3.8, 4) is 17.2 Å². The number of benzene rings is 4. The summed E-state index contributed by atoms with van der Waals surface area (Å²) in [5.41, 5.74) is 2.51. The van der Waals surface area contributed by atoms with Gasteiger partial charge in [0.2, 0.25) is 18.6 Å². The smallest absolute Gasteiger partial charge is 0.319 e. The number of carbonyl (C=O) groups excluding carboxylic acids is 3. The van der Waals surface area contributed by atoms with Gasteiger partial charge in [-0.05, 0) is 40.8 Å². The van der Waals surface area contributed by atoms with Crippen LogP contribution in [-0.2, 0) is 14.4 Å². The molecule has 4 aromatic carbocycles. The summed E-state index contributed by atoms with van der Waals surface area (Å²) in [5, 5.41) is 2.02. The van der Waals surface area contributed by atoms with E-state index < -0.39 is 41.5 Å².